The van der Waals surface area contributed by atoms with Gasteiger partial charge in [-0.05, 0) is 88.8 Å². The Morgan fingerprint density at radius 2 is 1.88 bits per heavy atom. The lowest BCUT2D eigenvalue weighted by Gasteiger charge is -2.49. The Morgan fingerprint density at radius 3 is 2.48 bits per heavy atom. The molecule has 3 heteroatoms. The summed E-state index contributed by atoms with van der Waals surface area (Å²) in [6, 6.07) is 10.7. The Kier molecular flexibility index (Phi) is 7.78. The largest absolute Gasteiger partial charge is 0.380 e. The van der Waals surface area contributed by atoms with Crippen LogP contribution in [-0.2, 0) is 11.2 Å². The van der Waals surface area contributed by atoms with Crippen molar-refractivity contribution < 1.29 is 4.74 Å². The number of likely N-dealkylation sites (tertiary alicyclic amines) is 1. The molecule has 1 aromatic rings. The number of nitrogens with zero attached hydrogens (tertiary/aromatic N) is 2. The molecule has 4 saturated heterocycles. The molecule has 33 heavy (non-hydrogen) atoms. The minimum absolute atomic E-state index is 0.0978. The molecule has 0 saturated carbocycles. The van der Waals surface area contributed by atoms with Crippen molar-refractivity contribution in [2.24, 2.45) is 11.3 Å². The highest BCUT2D eigenvalue weighted by atomic mass is 16.5. The van der Waals surface area contributed by atoms with Crippen molar-refractivity contribution in [1.29, 1.82) is 0 Å². The Labute approximate surface area is 201 Å². The lowest BCUT2D eigenvalue weighted by molar-refractivity contribution is 0.0204. The summed E-state index contributed by atoms with van der Waals surface area (Å²) in [7, 11) is 1.82. The summed E-state index contributed by atoms with van der Waals surface area (Å²) in [5, 5.41) is 0. The van der Waals surface area contributed by atoms with Crippen molar-refractivity contribution >= 4 is 0 Å². The molecule has 3 nitrogen and oxygen atoms in total. The number of piperidine rings is 3. The Balaban J connectivity index is 1.61. The van der Waals surface area contributed by atoms with Crippen molar-refractivity contribution in [3.63, 3.8) is 0 Å². The Morgan fingerprint density at radius 1 is 1.12 bits per heavy atom. The molecule has 1 aromatic carbocycles. The lowest BCUT2D eigenvalue weighted by atomic mass is 9.68. The zero-order valence-corrected chi connectivity index (χ0v) is 20.9. The highest BCUT2D eigenvalue weighted by molar-refractivity contribution is 5.50. The van der Waals surface area contributed by atoms with Crippen LogP contribution in [0.1, 0.15) is 45.6 Å². The van der Waals surface area contributed by atoms with Crippen LogP contribution in [0.15, 0.2) is 65.4 Å². The van der Waals surface area contributed by atoms with E-state index in [1.165, 1.54) is 42.8 Å². The molecule has 4 fully saturated rings. The van der Waals surface area contributed by atoms with E-state index in [0.717, 1.165) is 44.0 Å². The van der Waals surface area contributed by atoms with Crippen molar-refractivity contribution in [2.45, 2.75) is 52.6 Å². The van der Waals surface area contributed by atoms with Crippen LogP contribution in [-0.4, -0.2) is 55.7 Å². The van der Waals surface area contributed by atoms with Gasteiger partial charge in [0.15, 0.2) is 0 Å². The van der Waals surface area contributed by atoms with Crippen molar-refractivity contribution in [3.05, 3.63) is 71.0 Å². The lowest BCUT2D eigenvalue weighted by Crippen LogP contribution is -2.52. The first-order chi connectivity index (χ1) is 16.0. The fourth-order valence-electron chi connectivity index (χ4n) is 5.62. The summed E-state index contributed by atoms with van der Waals surface area (Å²) in [6.07, 6.45) is 11.7. The minimum Gasteiger partial charge on any atom is -0.380 e. The van der Waals surface area contributed by atoms with Gasteiger partial charge >= 0.3 is 0 Å². The number of rotatable bonds is 6. The summed E-state index contributed by atoms with van der Waals surface area (Å²) in [4.78, 5) is 5.03. The molecule has 0 amide bonds. The Hall–Kier alpha value is -2.28. The summed E-state index contributed by atoms with van der Waals surface area (Å²) in [5.41, 5.74) is 5.17. The van der Waals surface area contributed by atoms with Gasteiger partial charge in [0.1, 0.15) is 0 Å². The highest BCUT2D eigenvalue weighted by Crippen LogP contribution is 2.41. The van der Waals surface area contributed by atoms with Crippen molar-refractivity contribution in [2.75, 3.05) is 39.8 Å². The van der Waals surface area contributed by atoms with E-state index in [2.05, 4.69) is 91.0 Å². The van der Waals surface area contributed by atoms with Gasteiger partial charge in [0.2, 0.25) is 0 Å². The zero-order chi connectivity index (χ0) is 23.3. The molecule has 0 aliphatic carbocycles. The quantitative estimate of drug-likeness (QED) is 0.428. The van der Waals surface area contributed by atoms with Crippen LogP contribution in [0.4, 0.5) is 0 Å². The van der Waals surface area contributed by atoms with Crippen LogP contribution in [0.25, 0.3) is 0 Å². The summed E-state index contributed by atoms with van der Waals surface area (Å²) >= 11 is 0. The third-order valence-electron chi connectivity index (χ3n) is 7.92. The smallest absolute Gasteiger partial charge is 0.0762 e. The maximum atomic E-state index is 5.56. The van der Waals surface area contributed by atoms with E-state index in [-0.39, 0.29) is 5.41 Å². The molecule has 5 rings (SSSR count). The molecule has 0 unspecified atom stereocenters. The molecule has 0 radical (unpaired) electrons. The van der Waals surface area contributed by atoms with Gasteiger partial charge in [-0.1, -0.05) is 48.2 Å². The number of methoxy groups -OCH3 is 1. The normalized spacial score (nSPS) is 30.4. The zero-order valence-electron chi connectivity index (χ0n) is 20.9. The second-order valence-corrected chi connectivity index (χ2v) is 10.2. The predicted octanol–water partition coefficient (Wildman–Crippen LogP) is 5.46. The minimum atomic E-state index is 0.0978. The topological polar surface area (TPSA) is 15.7 Å². The maximum absolute atomic E-state index is 5.56. The molecule has 0 N–H and O–H groups in total. The summed E-state index contributed by atoms with van der Waals surface area (Å²) < 4.78 is 5.56. The van der Waals surface area contributed by atoms with Gasteiger partial charge in [0.05, 0.1) is 6.10 Å². The third kappa shape index (κ3) is 5.81. The average Bonchev–Trinajstić information content (AvgIpc) is 3.33. The Bertz CT molecular complexity index is 956. The van der Waals surface area contributed by atoms with E-state index < -0.39 is 0 Å². The SMILES string of the molecule is C/C=C(Cc1ccccc1)/C(C#C[C@@]1(C)CN2CCC1CC2)=C\C=C(/C)N1CC[C@H](OC)C1. The fraction of sp³-hybridized carbons (Fsp3) is 0.533. The first-order valence-electron chi connectivity index (χ1n) is 12.6. The molecule has 4 heterocycles. The summed E-state index contributed by atoms with van der Waals surface area (Å²) in [5.74, 6) is 8.19. The fourth-order valence-corrected chi connectivity index (χ4v) is 5.62. The molecule has 176 valence electrons. The second-order valence-electron chi connectivity index (χ2n) is 10.2. The molecule has 4 aliphatic rings. The number of allylic oxidation sites excluding steroid dienone is 6. The van der Waals surface area contributed by atoms with Gasteiger partial charge < -0.3 is 14.5 Å². The predicted molar refractivity (Wildman–Crippen MR) is 138 cm³/mol. The van der Waals surface area contributed by atoms with E-state index in [4.69, 9.17) is 4.74 Å². The van der Waals surface area contributed by atoms with Crippen LogP contribution >= 0.6 is 0 Å². The van der Waals surface area contributed by atoms with E-state index in [1.54, 1.807) is 0 Å². The van der Waals surface area contributed by atoms with Crippen molar-refractivity contribution in [3.8, 4) is 11.8 Å². The molecule has 0 aromatic heterocycles. The first-order valence-corrected chi connectivity index (χ1v) is 12.6. The van der Waals surface area contributed by atoms with Crippen LogP contribution in [0.5, 0.6) is 0 Å². The number of hydrogen-bond acceptors (Lipinski definition) is 3. The van der Waals surface area contributed by atoms with Gasteiger partial charge in [-0.3, -0.25) is 0 Å². The molecule has 2 bridgehead atoms. The van der Waals surface area contributed by atoms with Crippen molar-refractivity contribution in [1.82, 2.24) is 9.80 Å². The maximum Gasteiger partial charge on any atom is 0.0762 e. The van der Waals surface area contributed by atoms with Gasteiger partial charge in [-0.15, -0.1) is 0 Å². The third-order valence-corrected chi connectivity index (χ3v) is 7.92. The van der Waals surface area contributed by atoms with Gasteiger partial charge in [-0.2, -0.15) is 0 Å². The number of fused-ring (bicyclic) bond motifs is 3. The van der Waals surface area contributed by atoms with Gasteiger partial charge in [0, 0.05) is 43.4 Å². The monoisotopic (exact) mass is 444 g/mol. The van der Waals surface area contributed by atoms with E-state index in [9.17, 15) is 0 Å². The first kappa shape index (κ1) is 23.9. The van der Waals surface area contributed by atoms with Crippen LogP contribution in [0.2, 0.25) is 0 Å². The number of benzene rings is 1. The molecule has 4 aliphatic heterocycles. The van der Waals surface area contributed by atoms with Crippen LogP contribution in [0.3, 0.4) is 0 Å². The summed E-state index contributed by atoms with van der Waals surface area (Å²) in [6.45, 7) is 12.4. The molecule has 2 atom stereocenters. The standard InChI is InChI=1S/C30H40N2O/c1-5-26(21-25-9-7-6-8-10-25)27(12-11-24(2)32-20-16-29(22-32)33-4)13-17-30(3)23-31-18-14-28(30)15-19-31/h5-12,28-29H,14-16,18-23H2,1-4H3/b24-11+,26-5+,27-12-/t29-,30-/m0/s1. The van der Waals surface area contributed by atoms with Crippen LogP contribution < -0.4 is 0 Å². The van der Waals surface area contributed by atoms with Gasteiger partial charge in [-0.25, -0.2) is 0 Å². The van der Waals surface area contributed by atoms with E-state index in [1.807, 2.05) is 7.11 Å². The molecule has 0 spiro atoms. The van der Waals surface area contributed by atoms with Crippen LogP contribution in [0, 0.1) is 23.2 Å². The van der Waals surface area contributed by atoms with Gasteiger partial charge in [0.25, 0.3) is 0 Å². The molecular weight excluding hydrogens is 404 g/mol. The number of ether oxygens (including phenoxy) is 1. The average molecular weight is 445 g/mol. The number of hydrogen-bond donors (Lipinski definition) is 0. The highest BCUT2D eigenvalue weighted by Gasteiger charge is 2.42. The van der Waals surface area contributed by atoms with E-state index >= 15 is 0 Å². The molecular formula is C30H40N2O. The van der Waals surface area contributed by atoms with E-state index in [0.29, 0.717) is 6.10 Å². The second kappa shape index (κ2) is 10.8.